The number of rotatable bonds is 8. The van der Waals surface area contributed by atoms with E-state index < -0.39 is 0 Å². The number of amides is 1. The van der Waals surface area contributed by atoms with Crippen LogP contribution in [0.5, 0.6) is 11.5 Å². The van der Waals surface area contributed by atoms with Crippen LogP contribution in [0.3, 0.4) is 0 Å². The molecule has 0 N–H and O–H groups in total. The first-order valence-electron chi connectivity index (χ1n) is 13.4. The summed E-state index contributed by atoms with van der Waals surface area (Å²) in [6.07, 6.45) is 0. The lowest BCUT2D eigenvalue weighted by molar-refractivity contribution is 0.0746. The van der Waals surface area contributed by atoms with Crippen molar-refractivity contribution in [3.63, 3.8) is 0 Å². The normalized spacial score (nSPS) is 13.3. The average molecular weight is 541 g/mol. The monoisotopic (exact) mass is 540 g/mol. The second-order valence-corrected chi connectivity index (χ2v) is 10.1. The highest BCUT2D eigenvalue weighted by Crippen LogP contribution is 2.28. The molecule has 1 fully saturated rings. The number of piperazine rings is 1. The summed E-state index contributed by atoms with van der Waals surface area (Å²) in [5.74, 6) is 1.52. The molecular weight excluding hydrogens is 508 g/mol. The number of hydrogen-bond acceptors (Lipinski definition) is 4. The summed E-state index contributed by atoms with van der Waals surface area (Å²) in [6.45, 7) is 7.71. The minimum absolute atomic E-state index is 0.0222. The fraction of sp³-hybridized carbons (Fsp3) is 0.242. The quantitative estimate of drug-likeness (QED) is 0.236. The summed E-state index contributed by atoms with van der Waals surface area (Å²) in [7, 11) is 0. The predicted octanol–water partition coefficient (Wildman–Crippen LogP) is 7.26. The van der Waals surface area contributed by atoms with Gasteiger partial charge in [-0.1, -0.05) is 60.1 Å². The first kappa shape index (κ1) is 26.6. The van der Waals surface area contributed by atoms with Crippen LogP contribution in [0.4, 0.5) is 5.69 Å². The molecular formula is C33H33ClN2O3. The molecule has 1 aliphatic rings. The molecule has 1 heterocycles. The van der Waals surface area contributed by atoms with Crippen molar-refractivity contribution in [2.75, 3.05) is 37.7 Å². The fourth-order valence-electron chi connectivity index (χ4n) is 4.91. The molecule has 6 heteroatoms. The number of ether oxygens (including phenoxy) is 2. The van der Waals surface area contributed by atoms with E-state index in [0.29, 0.717) is 31.9 Å². The SMILES string of the molecule is CCOc1ccc(C(=O)N2CCN(c3cc(Cl)ccc3C)CC2)cc1COc1ccc(-c2ccccc2)cc1. The third-order valence-electron chi connectivity index (χ3n) is 7.04. The lowest BCUT2D eigenvalue weighted by atomic mass is 10.1. The van der Waals surface area contributed by atoms with E-state index in [-0.39, 0.29) is 5.91 Å². The molecule has 1 amide bonds. The summed E-state index contributed by atoms with van der Waals surface area (Å²) in [4.78, 5) is 17.6. The molecule has 0 atom stereocenters. The maximum absolute atomic E-state index is 13.4. The van der Waals surface area contributed by atoms with Crippen LogP contribution in [0.15, 0.2) is 91.0 Å². The maximum Gasteiger partial charge on any atom is 0.253 e. The molecule has 0 spiro atoms. The van der Waals surface area contributed by atoms with Gasteiger partial charge in [0.2, 0.25) is 0 Å². The lowest BCUT2D eigenvalue weighted by Gasteiger charge is -2.37. The van der Waals surface area contributed by atoms with E-state index in [2.05, 4.69) is 36.1 Å². The molecule has 5 rings (SSSR count). The summed E-state index contributed by atoms with van der Waals surface area (Å²) in [6, 6.07) is 29.9. The summed E-state index contributed by atoms with van der Waals surface area (Å²) >= 11 is 6.23. The largest absolute Gasteiger partial charge is 0.493 e. The number of halogens is 1. The molecule has 0 unspecified atom stereocenters. The van der Waals surface area contributed by atoms with Crippen molar-refractivity contribution in [1.82, 2.24) is 4.90 Å². The molecule has 0 saturated carbocycles. The molecule has 39 heavy (non-hydrogen) atoms. The van der Waals surface area contributed by atoms with Gasteiger partial charge in [-0.2, -0.15) is 0 Å². The standard InChI is InChI=1S/C33H33ClN2O3/c1-3-38-32-16-12-27(33(37)36-19-17-35(18-20-36)31-22-29(34)13-9-24(31)2)21-28(32)23-39-30-14-10-26(11-15-30)25-7-5-4-6-8-25/h4-16,21-22H,3,17-20,23H2,1-2H3. The van der Waals surface area contributed by atoms with Crippen molar-refractivity contribution in [3.05, 3.63) is 113 Å². The van der Waals surface area contributed by atoms with Crippen LogP contribution in [0, 0.1) is 6.92 Å². The van der Waals surface area contributed by atoms with Gasteiger partial charge in [0, 0.05) is 48.0 Å². The summed E-state index contributed by atoms with van der Waals surface area (Å²) < 4.78 is 12.0. The Morgan fingerprint density at radius 1 is 0.821 bits per heavy atom. The number of anilines is 1. The van der Waals surface area contributed by atoms with Gasteiger partial charge in [-0.05, 0) is 73.0 Å². The molecule has 1 saturated heterocycles. The molecule has 1 aliphatic heterocycles. The predicted molar refractivity (Wildman–Crippen MR) is 158 cm³/mol. The number of carbonyl (C=O) groups is 1. The Morgan fingerprint density at radius 3 is 2.26 bits per heavy atom. The zero-order valence-electron chi connectivity index (χ0n) is 22.4. The van der Waals surface area contributed by atoms with Gasteiger partial charge in [0.25, 0.3) is 5.91 Å². The van der Waals surface area contributed by atoms with Gasteiger partial charge in [0.05, 0.1) is 6.61 Å². The molecule has 4 aromatic rings. The number of carbonyl (C=O) groups excluding carboxylic acids is 1. The lowest BCUT2D eigenvalue weighted by Crippen LogP contribution is -2.49. The van der Waals surface area contributed by atoms with E-state index in [0.717, 1.165) is 52.0 Å². The van der Waals surface area contributed by atoms with Crippen LogP contribution >= 0.6 is 11.6 Å². The van der Waals surface area contributed by atoms with E-state index in [9.17, 15) is 4.79 Å². The Kier molecular flexibility index (Phi) is 8.38. The van der Waals surface area contributed by atoms with Crippen LogP contribution in [-0.4, -0.2) is 43.6 Å². The molecule has 5 nitrogen and oxygen atoms in total. The van der Waals surface area contributed by atoms with Gasteiger partial charge >= 0.3 is 0 Å². The highest BCUT2D eigenvalue weighted by molar-refractivity contribution is 6.30. The smallest absolute Gasteiger partial charge is 0.253 e. The molecule has 0 radical (unpaired) electrons. The van der Waals surface area contributed by atoms with E-state index in [1.807, 2.05) is 78.6 Å². The van der Waals surface area contributed by atoms with Crippen molar-refractivity contribution >= 4 is 23.2 Å². The summed E-state index contributed by atoms with van der Waals surface area (Å²) in [5.41, 5.74) is 6.11. The van der Waals surface area contributed by atoms with Gasteiger partial charge in [-0.15, -0.1) is 0 Å². The average Bonchev–Trinajstić information content (AvgIpc) is 2.98. The van der Waals surface area contributed by atoms with E-state index in [1.54, 1.807) is 0 Å². The molecule has 0 bridgehead atoms. The Hall–Kier alpha value is -3.96. The second-order valence-electron chi connectivity index (χ2n) is 9.64. The van der Waals surface area contributed by atoms with Crippen molar-refractivity contribution in [2.24, 2.45) is 0 Å². The first-order chi connectivity index (χ1) is 19.0. The molecule has 0 aliphatic carbocycles. The van der Waals surface area contributed by atoms with Crippen LogP contribution in [0.1, 0.15) is 28.4 Å². The third kappa shape index (κ3) is 6.37. The van der Waals surface area contributed by atoms with E-state index >= 15 is 0 Å². The van der Waals surface area contributed by atoms with Crippen LogP contribution in [-0.2, 0) is 6.61 Å². The van der Waals surface area contributed by atoms with Crippen molar-refractivity contribution in [3.8, 4) is 22.6 Å². The van der Waals surface area contributed by atoms with Crippen LogP contribution in [0.2, 0.25) is 5.02 Å². The van der Waals surface area contributed by atoms with Crippen molar-refractivity contribution in [1.29, 1.82) is 0 Å². The zero-order chi connectivity index (χ0) is 27.2. The third-order valence-corrected chi connectivity index (χ3v) is 7.28. The van der Waals surface area contributed by atoms with E-state index in [4.69, 9.17) is 21.1 Å². The number of benzene rings is 4. The fourth-order valence-corrected chi connectivity index (χ4v) is 5.08. The van der Waals surface area contributed by atoms with Crippen LogP contribution < -0.4 is 14.4 Å². The molecule has 0 aromatic heterocycles. The van der Waals surface area contributed by atoms with Gasteiger partial charge in [0.15, 0.2) is 0 Å². The van der Waals surface area contributed by atoms with Crippen molar-refractivity contribution in [2.45, 2.75) is 20.5 Å². The Bertz CT molecular complexity index is 1420. The van der Waals surface area contributed by atoms with Gasteiger partial charge in [-0.25, -0.2) is 0 Å². The number of nitrogens with zero attached hydrogens (tertiary/aromatic N) is 2. The zero-order valence-corrected chi connectivity index (χ0v) is 23.2. The summed E-state index contributed by atoms with van der Waals surface area (Å²) in [5, 5.41) is 0.727. The highest BCUT2D eigenvalue weighted by atomic mass is 35.5. The topological polar surface area (TPSA) is 42.0 Å². The minimum Gasteiger partial charge on any atom is -0.493 e. The highest BCUT2D eigenvalue weighted by Gasteiger charge is 2.24. The minimum atomic E-state index is 0.0222. The van der Waals surface area contributed by atoms with Gasteiger partial charge in [0.1, 0.15) is 18.1 Å². The number of aryl methyl sites for hydroxylation is 1. The maximum atomic E-state index is 13.4. The van der Waals surface area contributed by atoms with Crippen molar-refractivity contribution < 1.29 is 14.3 Å². The molecule has 4 aromatic carbocycles. The van der Waals surface area contributed by atoms with Gasteiger partial charge < -0.3 is 19.3 Å². The Labute approximate surface area is 235 Å². The Morgan fingerprint density at radius 2 is 1.54 bits per heavy atom. The Balaban J connectivity index is 1.25. The number of hydrogen-bond donors (Lipinski definition) is 0. The van der Waals surface area contributed by atoms with E-state index in [1.165, 1.54) is 5.56 Å². The first-order valence-corrected chi connectivity index (χ1v) is 13.7. The van der Waals surface area contributed by atoms with Gasteiger partial charge in [-0.3, -0.25) is 4.79 Å². The van der Waals surface area contributed by atoms with Crippen LogP contribution in [0.25, 0.3) is 11.1 Å². The molecule has 200 valence electrons. The second kappa shape index (κ2) is 12.3.